The number of rotatable bonds is 12. The smallest absolute Gasteiger partial charge is 0.231 e. The topological polar surface area (TPSA) is 58.2 Å². The monoisotopic (exact) mass is 466 g/mol. The Morgan fingerprint density at radius 3 is 2.67 bits per heavy atom. The van der Waals surface area contributed by atoms with E-state index in [2.05, 4.69) is 41.8 Å². The summed E-state index contributed by atoms with van der Waals surface area (Å²) in [4.78, 5) is 27.0. The van der Waals surface area contributed by atoms with E-state index in [-0.39, 0.29) is 11.8 Å². The van der Waals surface area contributed by atoms with Crippen LogP contribution in [0.3, 0.4) is 0 Å². The van der Waals surface area contributed by atoms with Gasteiger partial charge >= 0.3 is 0 Å². The van der Waals surface area contributed by atoms with E-state index in [1.807, 2.05) is 31.1 Å². The van der Waals surface area contributed by atoms with Crippen molar-refractivity contribution in [2.24, 2.45) is 5.92 Å². The van der Waals surface area contributed by atoms with Crippen molar-refractivity contribution in [2.75, 3.05) is 7.05 Å². The summed E-state index contributed by atoms with van der Waals surface area (Å²) >= 11 is 2.02. The summed E-state index contributed by atoms with van der Waals surface area (Å²) in [5.41, 5.74) is 3.40. The molecule has 3 aliphatic carbocycles. The zero-order valence-electron chi connectivity index (χ0n) is 20.1. The highest BCUT2D eigenvalue weighted by Gasteiger charge is 2.33. The second-order valence-electron chi connectivity index (χ2n) is 9.88. The maximum Gasteiger partial charge on any atom is 0.231 e. The molecule has 33 heavy (non-hydrogen) atoms. The van der Waals surface area contributed by atoms with Crippen LogP contribution in [0.2, 0.25) is 0 Å². The molecule has 3 aliphatic rings. The van der Waals surface area contributed by atoms with Crippen molar-refractivity contribution in [1.29, 1.82) is 0 Å². The Morgan fingerprint density at radius 2 is 2.03 bits per heavy atom. The van der Waals surface area contributed by atoms with Gasteiger partial charge in [0.2, 0.25) is 5.91 Å². The van der Waals surface area contributed by atoms with Crippen molar-refractivity contribution in [3.8, 4) is 0 Å². The van der Waals surface area contributed by atoms with Crippen LogP contribution in [0, 0.1) is 5.92 Å². The molecule has 1 aromatic rings. The van der Waals surface area contributed by atoms with Crippen LogP contribution in [0.15, 0.2) is 47.1 Å². The number of carbonyl (C=O) groups is 2. The minimum Gasteiger partial charge on any atom is -0.394 e. The van der Waals surface area contributed by atoms with Gasteiger partial charge in [0, 0.05) is 35.7 Å². The summed E-state index contributed by atoms with van der Waals surface area (Å²) in [6.07, 6.45) is 15.9. The highest BCUT2D eigenvalue weighted by Crippen LogP contribution is 2.49. The SMILES string of the molecule is CCC/C=C(/C=C\NC)NC(=O)[C@H](C[C@H]1CCC(=O)C1)c1ccc(SC2CC2)c(C2CC2)c1. The van der Waals surface area contributed by atoms with Crippen LogP contribution < -0.4 is 10.6 Å². The van der Waals surface area contributed by atoms with Crippen molar-refractivity contribution in [1.82, 2.24) is 10.6 Å². The number of allylic oxidation sites excluding steroid dienone is 2. The first-order valence-corrected chi connectivity index (χ1v) is 13.6. The molecule has 0 bridgehead atoms. The number of carbonyl (C=O) groups excluding carboxylic acids is 2. The standard InChI is InChI=1S/C28H38N2O2S/c1-3-4-5-22(14-15-29-2)30-28(32)26(17-19-6-10-23(31)16-19)21-9-13-27(33-24-11-12-24)25(18-21)20-7-8-20/h5,9,13-15,18-20,24,26,29H,3-4,6-8,10-12,16-17H2,1-2H3,(H,30,32)/b15-14-,22-5-/t19-,26+/m0/s1. The number of ketones is 1. The van der Waals surface area contributed by atoms with Gasteiger partial charge in [0.05, 0.1) is 5.92 Å². The fourth-order valence-corrected chi connectivity index (χ4v) is 5.89. The number of hydrogen-bond donors (Lipinski definition) is 2. The molecule has 0 aliphatic heterocycles. The molecule has 3 fully saturated rings. The summed E-state index contributed by atoms with van der Waals surface area (Å²) in [5.74, 6) is 1.11. The minimum atomic E-state index is -0.230. The van der Waals surface area contributed by atoms with Crippen molar-refractivity contribution in [3.05, 3.63) is 53.4 Å². The van der Waals surface area contributed by atoms with E-state index in [9.17, 15) is 9.59 Å². The average molecular weight is 467 g/mol. The summed E-state index contributed by atoms with van der Waals surface area (Å²) in [7, 11) is 1.86. The first-order valence-electron chi connectivity index (χ1n) is 12.7. The molecule has 2 N–H and O–H groups in total. The van der Waals surface area contributed by atoms with E-state index < -0.39 is 0 Å². The lowest BCUT2D eigenvalue weighted by molar-refractivity contribution is -0.122. The molecule has 0 heterocycles. The molecule has 5 heteroatoms. The maximum atomic E-state index is 13.6. The average Bonchev–Trinajstić information content (AvgIpc) is 3.74. The number of benzene rings is 1. The lowest BCUT2D eigenvalue weighted by atomic mass is 9.86. The zero-order valence-corrected chi connectivity index (χ0v) is 20.9. The van der Waals surface area contributed by atoms with Gasteiger partial charge in [0.25, 0.3) is 0 Å². The van der Waals surface area contributed by atoms with E-state index in [4.69, 9.17) is 0 Å². The van der Waals surface area contributed by atoms with Crippen molar-refractivity contribution < 1.29 is 9.59 Å². The molecule has 1 aromatic carbocycles. The van der Waals surface area contributed by atoms with Gasteiger partial charge in [-0.1, -0.05) is 31.6 Å². The molecule has 4 rings (SSSR count). The van der Waals surface area contributed by atoms with Crippen LogP contribution in [-0.4, -0.2) is 24.0 Å². The maximum absolute atomic E-state index is 13.6. The molecule has 4 nitrogen and oxygen atoms in total. The molecule has 3 saturated carbocycles. The highest BCUT2D eigenvalue weighted by atomic mass is 32.2. The Bertz CT molecular complexity index is 914. The van der Waals surface area contributed by atoms with Crippen LogP contribution in [0.5, 0.6) is 0 Å². The van der Waals surface area contributed by atoms with Crippen molar-refractivity contribution >= 4 is 23.5 Å². The lowest BCUT2D eigenvalue weighted by Crippen LogP contribution is -2.30. The normalized spacial score (nSPS) is 22.1. The van der Waals surface area contributed by atoms with Gasteiger partial charge in [-0.25, -0.2) is 0 Å². The van der Waals surface area contributed by atoms with E-state index in [1.54, 1.807) is 0 Å². The second kappa shape index (κ2) is 11.4. The summed E-state index contributed by atoms with van der Waals surface area (Å²) in [6.45, 7) is 2.14. The Hall–Kier alpha value is -2.01. The van der Waals surface area contributed by atoms with E-state index in [1.165, 1.54) is 36.1 Å². The van der Waals surface area contributed by atoms with Gasteiger partial charge in [-0.15, -0.1) is 11.8 Å². The Balaban J connectivity index is 1.58. The third kappa shape index (κ3) is 6.99. The Labute approximate surface area is 203 Å². The first-order chi connectivity index (χ1) is 16.1. The highest BCUT2D eigenvalue weighted by molar-refractivity contribution is 8.00. The first kappa shape index (κ1) is 24.1. The number of Topliss-reactive ketones (excluding diaryl/α,β-unsaturated/α-hetero) is 1. The quantitative estimate of drug-likeness (QED) is 0.360. The molecule has 178 valence electrons. The second-order valence-corrected chi connectivity index (χ2v) is 11.2. The third-order valence-electron chi connectivity index (χ3n) is 6.85. The zero-order chi connectivity index (χ0) is 23.2. The van der Waals surface area contributed by atoms with Gasteiger partial charge in [-0.05, 0) is 86.3 Å². The fourth-order valence-electron chi connectivity index (χ4n) is 4.65. The van der Waals surface area contributed by atoms with Crippen LogP contribution >= 0.6 is 11.8 Å². The molecule has 1 amide bonds. The van der Waals surface area contributed by atoms with Gasteiger partial charge in [0.1, 0.15) is 5.78 Å². The predicted molar refractivity (Wildman–Crippen MR) is 136 cm³/mol. The van der Waals surface area contributed by atoms with Gasteiger partial charge in [-0.3, -0.25) is 9.59 Å². The Kier molecular flexibility index (Phi) is 8.34. The molecular formula is C28H38N2O2S. The van der Waals surface area contributed by atoms with Crippen molar-refractivity contribution in [2.45, 2.75) is 93.1 Å². The summed E-state index contributed by atoms with van der Waals surface area (Å²) < 4.78 is 0. The molecule has 0 radical (unpaired) electrons. The van der Waals surface area contributed by atoms with E-state index in [0.29, 0.717) is 30.5 Å². The largest absolute Gasteiger partial charge is 0.394 e. The summed E-state index contributed by atoms with van der Waals surface area (Å²) in [5, 5.41) is 6.99. The van der Waals surface area contributed by atoms with Crippen molar-refractivity contribution in [3.63, 3.8) is 0 Å². The van der Waals surface area contributed by atoms with Gasteiger partial charge in [-0.2, -0.15) is 0 Å². The fraction of sp³-hybridized carbons (Fsp3) is 0.571. The number of unbranched alkanes of at least 4 members (excludes halogenated alkanes) is 1. The molecular weight excluding hydrogens is 428 g/mol. The van der Waals surface area contributed by atoms with Crippen LogP contribution in [0.4, 0.5) is 0 Å². The van der Waals surface area contributed by atoms with E-state index >= 15 is 0 Å². The molecule has 0 spiro atoms. The Morgan fingerprint density at radius 1 is 1.21 bits per heavy atom. The van der Waals surface area contributed by atoms with Crippen LogP contribution in [0.25, 0.3) is 0 Å². The van der Waals surface area contributed by atoms with E-state index in [0.717, 1.165) is 42.2 Å². The third-order valence-corrected chi connectivity index (χ3v) is 8.29. The lowest BCUT2D eigenvalue weighted by Gasteiger charge is -2.22. The van der Waals surface area contributed by atoms with Crippen LogP contribution in [-0.2, 0) is 9.59 Å². The molecule has 0 saturated heterocycles. The minimum absolute atomic E-state index is 0.0433. The summed E-state index contributed by atoms with van der Waals surface area (Å²) in [6, 6.07) is 6.76. The molecule has 2 atom stereocenters. The number of hydrogen-bond acceptors (Lipinski definition) is 4. The number of amides is 1. The predicted octanol–water partition coefficient (Wildman–Crippen LogP) is 6.19. The number of nitrogens with one attached hydrogen (secondary N) is 2. The molecule has 0 aromatic heterocycles. The van der Waals surface area contributed by atoms with Gasteiger partial charge in [0.15, 0.2) is 0 Å². The van der Waals surface area contributed by atoms with Crippen LogP contribution in [0.1, 0.15) is 94.1 Å². The van der Waals surface area contributed by atoms with Gasteiger partial charge < -0.3 is 10.6 Å². The molecule has 0 unspecified atom stereocenters. The number of thioether (sulfide) groups is 1.